The summed E-state index contributed by atoms with van der Waals surface area (Å²) >= 11 is 7.32. The molecule has 0 radical (unpaired) electrons. The van der Waals surface area contributed by atoms with Crippen LogP contribution in [0.2, 0.25) is 5.02 Å². The molecule has 1 amide bonds. The molecule has 2 aromatic carbocycles. The van der Waals surface area contributed by atoms with Crippen LogP contribution >= 0.6 is 22.9 Å². The Kier molecular flexibility index (Phi) is 7.21. The summed E-state index contributed by atoms with van der Waals surface area (Å²) in [6, 6.07) is 14.6. The monoisotopic (exact) mass is 600 g/mol. The zero-order valence-electron chi connectivity index (χ0n) is 22.1. The molecular formula is C27H29ClN6O4S2. The SMILES string of the molecule is CN(CCN1CCCC1)c1nc2cc(N3CN(OS(C)(=O)=O)c4cc(-c5ccc(Cl)cc5)sc4C3=O)ccc2[nH]1. The Balaban J connectivity index is 1.29. The quantitative estimate of drug-likeness (QED) is 0.308. The number of aromatic nitrogens is 2. The van der Waals surface area contributed by atoms with Crippen LogP contribution in [0, 0.1) is 0 Å². The minimum absolute atomic E-state index is 0.103. The summed E-state index contributed by atoms with van der Waals surface area (Å²) in [5, 5.41) is 1.85. The van der Waals surface area contributed by atoms with Gasteiger partial charge in [0, 0.05) is 35.7 Å². The van der Waals surface area contributed by atoms with E-state index in [2.05, 4.69) is 14.8 Å². The molecule has 0 saturated carbocycles. The molecule has 40 heavy (non-hydrogen) atoms. The van der Waals surface area contributed by atoms with Crippen molar-refractivity contribution in [3.63, 3.8) is 0 Å². The van der Waals surface area contributed by atoms with Crippen LogP contribution in [0.1, 0.15) is 22.5 Å². The number of imidazole rings is 1. The predicted octanol–water partition coefficient (Wildman–Crippen LogP) is 4.79. The zero-order valence-corrected chi connectivity index (χ0v) is 24.5. The van der Waals surface area contributed by atoms with E-state index in [1.54, 1.807) is 18.2 Å². The van der Waals surface area contributed by atoms with E-state index in [-0.39, 0.29) is 12.6 Å². The summed E-state index contributed by atoms with van der Waals surface area (Å²) < 4.78 is 29.6. The fraction of sp³-hybridized carbons (Fsp3) is 0.333. The lowest BCUT2D eigenvalue weighted by Gasteiger charge is -2.34. The van der Waals surface area contributed by atoms with Crippen LogP contribution in [-0.2, 0) is 14.4 Å². The molecule has 4 heterocycles. The van der Waals surface area contributed by atoms with Crippen molar-refractivity contribution in [1.82, 2.24) is 14.9 Å². The molecular weight excluding hydrogens is 572 g/mol. The highest BCUT2D eigenvalue weighted by Gasteiger charge is 2.35. The van der Waals surface area contributed by atoms with Crippen molar-refractivity contribution >= 4 is 67.3 Å². The second-order valence-electron chi connectivity index (χ2n) is 10.1. The first-order chi connectivity index (χ1) is 19.1. The number of rotatable bonds is 8. The highest BCUT2D eigenvalue weighted by atomic mass is 35.5. The second-order valence-corrected chi connectivity index (χ2v) is 13.1. The maximum atomic E-state index is 13.7. The van der Waals surface area contributed by atoms with Crippen molar-refractivity contribution in [2.24, 2.45) is 0 Å². The summed E-state index contributed by atoms with van der Waals surface area (Å²) in [7, 11) is -1.84. The van der Waals surface area contributed by atoms with Crippen molar-refractivity contribution in [3.05, 3.63) is 58.4 Å². The van der Waals surface area contributed by atoms with Gasteiger partial charge in [0.05, 0.1) is 23.0 Å². The highest BCUT2D eigenvalue weighted by molar-refractivity contribution is 7.86. The van der Waals surface area contributed by atoms with Crippen LogP contribution in [0.5, 0.6) is 0 Å². The first-order valence-corrected chi connectivity index (χ1v) is 16.0. The van der Waals surface area contributed by atoms with Crippen LogP contribution in [0.4, 0.5) is 17.3 Å². The number of benzene rings is 2. The van der Waals surface area contributed by atoms with E-state index in [4.69, 9.17) is 20.9 Å². The van der Waals surface area contributed by atoms with Crippen LogP contribution < -0.4 is 14.9 Å². The average Bonchev–Trinajstić information content (AvgIpc) is 3.68. The minimum Gasteiger partial charge on any atom is -0.344 e. The summed E-state index contributed by atoms with van der Waals surface area (Å²) in [4.78, 5) is 29.1. The molecule has 2 aromatic heterocycles. The zero-order chi connectivity index (χ0) is 28.0. The van der Waals surface area contributed by atoms with Gasteiger partial charge in [-0.15, -0.1) is 15.6 Å². The Hall–Kier alpha value is -3.16. The van der Waals surface area contributed by atoms with E-state index in [9.17, 15) is 13.2 Å². The van der Waals surface area contributed by atoms with E-state index in [0.717, 1.165) is 54.3 Å². The largest absolute Gasteiger partial charge is 0.344 e. The number of carbonyl (C=O) groups excluding carboxylic acids is 1. The van der Waals surface area contributed by atoms with Gasteiger partial charge in [-0.1, -0.05) is 23.7 Å². The highest BCUT2D eigenvalue weighted by Crippen LogP contribution is 2.42. The van der Waals surface area contributed by atoms with E-state index in [0.29, 0.717) is 26.8 Å². The Morgan fingerprint density at radius 1 is 1.12 bits per heavy atom. The lowest BCUT2D eigenvalue weighted by molar-refractivity contribution is 0.0973. The number of fused-ring (bicyclic) bond motifs is 2. The van der Waals surface area contributed by atoms with Crippen LogP contribution in [0.3, 0.4) is 0 Å². The third-order valence-electron chi connectivity index (χ3n) is 7.12. The normalized spacial score (nSPS) is 16.2. The molecule has 0 unspecified atom stereocenters. The Labute approximate surface area is 241 Å². The number of thiophene rings is 1. The van der Waals surface area contributed by atoms with Gasteiger partial charge in [0.1, 0.15) is 11.5 Å². The number of H-pyrrole nitrogens is 1. The lowest BCUT2D eigenvalue weighted by atomic mass is 10.1. The van der Waals surface area contributed by atoms with Gasteiger partial charge in [-0.05, 0) is 67.9 Å². The van der Waals surface area contributed by atoms with Gasteiger partial charge in [-0.2, -0.15) is 8.42 Å². The van der Waals surface area contributed by atoms with Gasteiger partial charge in [-0.3, -0.25) is 9.69 Å². The number of hydrogen-bond acceptors (Lipinski definition) is 9. The number of aromatic amines is 1. The van der Waals surface area contributed by atoms with Gasteiger partial charge in [-0.25, -0.2) is 10.0 Å². The predicted molar refractivity (Wildman–Crippen MR) is 160 cm³/mol. The van der Waals surface area contributed by atoms with E-state index < -0.39 is 10.1 Å². The number of hydroxylamine groups is 1. The number of nitrogens with one attached hydrogen (secondary N) is 1. The first kappa shape index (κ1) is 27.0. The first-order valence-electron chi connectivity index (χ1n) is 13.0. The van der Waals surface area contributed by atoms with Crippen molar-refractivity contribution in [2.75, 3.05) is 61.0 Å². The van der Waals surface area contributed by atoms with Gasteiger partial charge in [0.2, 0.25) is 5.95 Å². The third kappa shape index (κ3) is 5.54. The van der Waals surface area contributed by atoms with Gasteiger partial charge in [0.15, 0.2) is 0 Å². The third-order valence-corrected chi connectivity index (χ3v) is 8.99. The maximum absolute atomic E-state index is 13.7. The molecule has 0 spiro atoms. The number of anilines is 3. The number of amides is 1. The van der Waals surface area contributed by atoms with Gasteiger partial charge >= 0.3 is 0 Å². The molecule has 1 saturated heterocycles. The molecule has 2 aliphatic rings. The maximum Gasteiger partial charge on any atom is 0.285 e. The number of likely N-dealkylation sites (N-methyl/N-ethyl adjacent to an activating group) is 1. The summed E-state index contributed by atoms with van der Waals surface area (Å²) in [5.41, 5.74) is 3.42. The fourth-order valence-electron chi connectivity index (χ4n) is 5.03. The Morgan fingerprint density at radius 3 is 2.60 bits per heavy atom. The summed E-state index contributed by atoms with van der Waals surface area (Å²) in [5.74, 6) is 0.512. The van der Waals surface area contributed by atoms with Crippen LogP contribution in [0.15, 0.2) is 48.5 Å². The molecule has 210 valence electrons. The molecule has 4 aromatic rings. The standard InChI is InChI=1S/C27H29ClN6O4S2/c1-31(13-14-32-11-3-4-12-32)27-29-21-10-9-20(15-22(21)30-27)33-17-34(38-40(2,36)37)23-16-24(39-25(23)26(33)35)18-5-7-19(28)8-6-18/h5-10,15-16H,3-4,11-14,17H2,1-2H3,(H,29,30). The van der Waals surface area contributed by atoms with Gasteiger partial charge < -0.3 is 14.8 Å². The number of halogens is 1. The Morgan fingerprint density at radius 2 is 1.88 bits per heavy atom. The number of nitrogens with zero attached hydrogens (tertiary/aromatic N) is 5. The lowest BCUT2D eigenvalue weighted by Crippen LogP contribution is -2.46. The van der Waals surface area contributed by atoms with E-state index in [1.165, 1.54) is 34.1 Å². The van der Waals surface area contributed by atoms with Crippen LogP contribution in [0.25, 0.3) is 21.5 Å². The molecule has 13 heteroatoms. The molecule has 10 nitrogen and oxygen atoms in total. The van der Waals surface area contributed by atoms with Crippen LogP contribution in [-0.4, -0.2) is 75.3 Å². The van der Waals surface area contributed by atoms with Crippen molar-refractivity contribution < 1.29 is 17.5 Å². The molecule has 0 bridgehead atoms. The van der Waals surface area contributed by atoms with Crippen molar-refractivity contribution in [3.8, 4) is 10.4 Å². The topological polar surface area (TPSA) is 102 Å². The molecule has 1 N–H and O–H groups in total. The minimum atomic E-state index is -3.85. The fourth-order valence-corrected chi connectivity index (χ4v) is 6.71. The van der Waals surface area contributed by atoms with E-state index >= 15 is 0 Å². The van der Waals surface area contributed by atoms with Crippen molar-refractivity contribution in [2.45, 2.75) is 12.8 Å². The van der Waals surface area contributed by atoms with E-state index in [1.807, 2.05) is 37.4 Å². The smallest absolute Gasteiger partial charge is 0.285 e. The molecule has 2 aliphatic heterocycles. The summed E-state index contributed by atoms with van der Waals surface area (Å²) in [6.07, 6.45) is 3.50. The molecule has 0 atom stereocenters. The Bertz CT molecular complexity index is 1660. The van der Waals surface area contributed by atoms with Gasteiger partial charge in [0.25, 0.3) is 16.0 Å². The number of likely N-dealkylation sites (tertiary alicyclic amines) is 1. The summed E-state index contributed by atoms with van der Waals surface area (Å²) in [6.45, 7) is 4.03. The molecule has 6 rings (SSSR count). The second kappa shape index (κ2) is 10.7. The number of carbonyl (C=O) groups is 1. The number of hydrogen-bond donors (Lipinski definition) is 1. The molecule has 0 aliphatic carbocycles. The van der Waals surface area contributed by atoms with Crippen molar-refractivity contribution in [1.29, 1.82) is 0 Å². The molecule has 1 fully saturated rings. The average molecular weight is 601 g/mol.